The van der Waals surface area contributed by atoms with Crippen LogP contribution in [0.3, 0.4) is 0 Å². The third kappa shape index (κ3) is 3.38. The summed E-state index contributed by atoms with van der Waals surface area (Å²) in [5.74, 6) is 1.01. The number of rotatable bonds is 3. The zero-order chi connectivity index (χ0) is 17.9. The molecule has 7 heteroatoms. The van der Waals surface area contributed by atoms with E-state index in [1.807, 2.05) is 11.0 Å². The van der Waals surface area contributed by atoms with Crippen molar-refractivity contribution >= 4 is 11.8 Å². The van der Waals surface area contributed by atoms with E-state index < -0.39 is 0 Å². The maximum atomic E-state index is 12.7. The summed E-state index contributed by atoms with van der Waals surface area (Å²) in [7, 11) is 0. The van der Waals surface area contributed by atoms with Gasteiger partial charge in [0, 0.05) is 38.2 Å². The van der Waals surface area contributed by atoms with Crippen LogP contribution in [0.2, 0.25) is 0 Å². The van der Waals surface area contributed by atoms with Crippen LogP contribution in [0.15, 0.2) is 28.9 Å². The quantitative estimate of drug-likeness (QED) is 0.916. The molecule has 0 atom stereocenters. The molecule has 2 amide bonds. The van der Waals surface area contributed by atoms with Crippen LogP contribution in [-0.2, 0) is 4.79 Å². The molecule has 2 aromatic heterocycles. The monoisotopic (exact) mass is 356 g/mol. The van der Waals surface area contributed by atoms with Gasteiger partial charge in [0.15, 0.2) is 11.5 Å². The summed E-state index contributed by atoms with van der Waals surface area (Å²) in [5.41, 5.74) is 1.06. The topological polar surface area (TPSA) is 82.4 Å². The molecule has 138 valence electrons. The van der Waals surface area contributed by atoms with Crippen LogP contribution in [0, 0.1) is 5.92 Å². The van der Waals surface area contributed by atoms with Gasteiger partial charge in [-0.3, -0.25) is 14.7 Å². The van der Waals surface area contributed by atoms with Crippen molar-refractivity contribution in [2.24, 2.45) is 5.92 Å². The van der Waals surface area contributed by atoms with Gasteiger partial charge in [0.2, 0.25) is 5.91 Å². The van der Waals surface area contributed by atoms with E-state index in [4.69, 9.17) is 4.42 Å². The smallest absolute Gasteiger partial charge is 0.274 e. The molecule has 3 heterocycles. The van der Waals surface area contributed by atoms with E-state index in [1.54, 1.807) is 23.3 Å². The van der Waals surface area contributed by atoms with Gasteiger partial charge in [-0.25, -0.2) is 0 Å². The Balaban J connectivity index is 1.34. The van der Waals surface area contributed by atoms with Crippen molar-refractivity contribution in [3.63, 3.8) is 0 Å². The van der Waals surface area contributed by atoms with Gasteiger partial charge >= 0.3 is 0 Å². The number of piperazine rings is 1. The average molecular weight is 356 g/mol. The van der Waals surface area contributed by atoms with Gasteiger partial charge in [0.25, 0.3) is 5.91 Å². The normalized spacial score (nSPS) is 18.9. The highest BCUT2D eigenvalue weighted by Crippen LogP contribution is 2.26. The van der Waals surface area contributed by atoms with Crippen LogP contribution in [-0.4, -0.2) is 58.0 Å². The lowest BCUT2D eigenvalue weighted by atomic mass is 9.88. The minimum atomic E-state index is -0.108. The van der Waals surface area contributed by atoms with Gasteiger partial charge in [0.1, 0.15) is 5.69 Å². The Labute approximate surface area is 152 Å². The number of furan rings is 1. The fourth-order valence-electron chi connectivity index (χ4n) is 3.89. The summed E-state index contributed by atoms with van der Waals surface area (Å²) in [6, 6.07) is 5.32. The lowest BCUT2D eigenvalue weighted by Crippen LogP contribution is -2.52. The van der Waals surface area contributed by atoms with E-state index >= 15 is 0 Å². The molecule has 1 saturated carbocycles. The first-order valence-corrected chi connectivity index (χ1v) is 9.40. The maximum Gasteiger partial charge on any atom is 0.274 e. The number of hydrogen-bond donors (Lipinski definition) is 1. The number of aromatic nitrogens is 2. The minimum absolute atomic E-state index is 0.108. The second-order valence-electron chi connectivity index (χ2n) is 7.10. The SMILES string of the molecule is O=C(c1cc(-c2ccco2)[nH]n1)N1CCN(C(=O)C2CCCCC2)CC1. The van der Waals surface area contributed by atoms with E-state index in [1.165, 1.54) is 6.42 Å². The molecule has 0 bridgehead atoms. The lowest BCUT2D eigenvalue weighted by Gasteiger charge is -2.36. The molecule has 26 heavy (non-hydrogen) atoms. The molecule has 1 aliphatic heterocycles. The largest absolute Gasteiger partial charge is 0.463 e. The summed E-state index contributed by atoms with van der Waals surface area (Å²) in [6.45, 7) is 2.33. The van der Waals surface area contributed by atoms with E-state index in [2.05, 4.69) is 10.2 Å². The molecule has 1 saturated heterocycles. The number of carbonyl (C=O) groups excluding carboxylic acids is 2. The maximum absolute atomic E-state index is 12.7. The number of amides is 2. The first-order valence-electron chi connectivity index (χ1n) is 9.40. The van der Waals surface area contributed by atoms with Crippen LogP contribution in [0.1, 0.15) is 42.6 Å². The summed E-state index contributed by atoms with van der Waals surface area (Å²) >= 11 is 0. The predicted molar refractivity (Wildman–Crippen MR) is 95.3 cm³/mol. The van der Waals surface area contributed by atoms with E-state index in [-0.39, 0.29) is 17.7 Å². The first kappa shape index (κ1) is 16.9. The van der Waals surface area contributed by atoms with Crippen molar-refractivity contribution in [3.05, 3.63) is 30.2 Å². The van der Waals surface area contributed by atoms with Crippen molar-refractivity contribution in [2.75, 3.05) is 26.2 Å². The van der Waals surface area contributed by atoms with Crippen molar-refractivity contribution in [3.8, 4) is 11.5 Å². The van der Waals surface area contributed by atoms with E-state index in [9.17, 15) is 9.59 Å². The Morgan fingerprint density at radius 1 is 1.08 bits per heavy atom. The molecule has 1 N–H and O–H groups in total. The molecule has 0 spiro atoms. The second kappa shape index (κ2) is 7.35. The van der Waals surface area contributed by atoms with Crippen LogP contribution >= 0.6 is 0 Å². The zero-order valence-electron chi connectivity index (χ0n) is 14.8. The third-order valence-corrected chi connectivity index (χ3v) is 5.42. The number of nitrogens with one attached hydrogen (secondary N) is 1. The van der Waals surface area contributed by atoms with Crippen molar-refractivity contribution < 1.29 is 14.0 Å². The van der Waals surface area contributed by atoms with E-state index in [0.29, 0.717) is 43.3 Å². The minimum Gasteiger partial charge on any atom is -0.463 e. The van der Waals surface area contributed by atoms with Crippen LogP contribution in [0.25, 0.3) is 11.5 Å². The zero-order valence-corrected chi connectivity index (χ0v) is 14.8. The van der Waals surface area contributed by atoms with Crippen LogP contribution in [0.4, 0.5) is 0 Å². The van der Waals surface area contributed by atoms with Gasteiger partial charge in [0.05, 0.1) is 6.26 Å². The Morgan fingerprint density at radius 2 is 1.81 bits per heavy atom. The number of hydrogen-bond acceptors (Lipinski definition) is 4. The van der Waals surface area contributed by atoms with Crippen LogP contribution in [0.5, 0.6) is 0 Å². The molecular weight excluding hydrogens is 332 g/mol. The Hall–Kier alpha value is -2.57. The van der Waals surface area contributed by atoms with Crippen molar-refractivity contribution in [2.45, 2.75) is 32.1 Å². The summed E-state index contributed by atoms with van der Waals surface area (Å²) in [4.78, 5) is 29.0. The highest BCUT2D eigenvalue weighted by molar-refractivity contribution is 5.93. The molecule has 4 rings (SSSR count). The molecule has 0 aromatic carbocycles. The van der Waals surface area contributed by atoms with Crippen molar-refractivity contribution in [1.82, 2.24) is 20.0 Å². The molecule has 0 radical (unpaired) electrons. The fourth-order valence-corrected chi connectivity index (χ4v) is 3.89. The number of aromatic amines is 1. The highest BCUT2D eigenvalue weighted by atomic mass is 16.3. The molecule has 7 nitrogen and oxygen atoms in total. The highest BCUT2D eigenvalue weighted by Gasteiger charge is 2.30. The molecule has 0 unspecified atom stereocenters. The summed E-state index contributed by atoms with van der Waals surface area (Å²) < 4.78 is 5.32. The predicted octanol–water partition coefficient (Wildman–Crippen LogP) is 2.53. The standard InChI is InChI=1S/C19H24N4O3/c24-18(14-5-2-1-3-6-14)22-8-10-23(11-9-22)19(25)16-13-15(20-21-16)17-7-4-12-26-17/h4,7,12-14H,1-3,5-6,8-11H2,(H,20,21). The van der Waals surface area contributed by atoms with E-state index in [0.717, 1.165) is 25.7 Å². The van der Waals surface area contributed by atoms with Crippen molar-refractivity contribution in [1.29, 1.82) is 0 Å². The Morgan fingerprint density at radius 3 is 2.50 bits per heavy atom. The number of carbonyl (C=O) groups is 2. The Bertz CT molecular complexity index is 754. The Kier molecular flexibility index (Phi) is 4.77. The fraction of sp³-hybridized carbons (Fsp3) is 0.526. The van der Waals surface area contributed by atoms with Gasteiger partial charge in [-0.05, 0) is 25.0 Å². The summed E-state index contributed by atoms with van der Waals surface area (Å²) in [6.07, 6.45) is 7.18. The molecule has 2 aromatic rings. The number of nitrogens with zero attached hydrogens (tertiary/aromatic N) is 3. The average Bonchev–Trinajstić information content (AvgIpc) is 3.39. The molecule has 2 fully saturated rings. The third-order valence-electron chi connectivity index (χ3n) is 5.42. The molecule has 1 aliphatic carbocycles. The molecular formula is C19H24N4O3. The van der Waals surface area contributed by atoms with Crippen LogP contribution < -0.4 is 0 Å². The first-order chi connectivity index (χ1) is 12.7. The van der Waals surface area contributed by atoms with Gasteiger partial charge in [-0.1, -0.05) is 19.3 Å². The summed E-state index contributed by atoms with van der Waals surface area (Å²) in [5, 5.41) is 6.96. The van der Waals surface area contributed by atoms with Gasteiger partial charge in [-0.15, -0.1) is 0 Å². The van der Waals surface area contributed by atoms with Gasteiger partial charge < -0.3 is 14.2 Å². The number of H-pyrrole nitrogens is 1. The van der Waals surface area contributed by atoms with Gasteiger partial charge in [-0.2, -0.15) is 5.10 Å². The molecule has 2 aliphatic rings. The lowest BCUT2D eigenvalue weighted by molar-refractivity contribution is -0.138. The second-order valence-corrected chi connectivity index (χ2v) is 7.10.